The van der Waals surface area contributed by atoms with E-state index in [9.17, 15) is 0 Å². The van der Waals surface area contributed by atoms with Crippen molar-refractivity contribution in [1.29, 1.82) is 0 Å². The van der Waals surface area contributed by atoms with E-state index in [2.05, 4.69) is 44.9 Å². The lowest BCUT2D eigenvalue weighted by molar-refractivity contribution is 0.147. The molecule has 0 heterocycles. The molecule has 78 valence electrons. The molecule has 0 spiro atoms. The summed E-state index contributed by atoms with van der Waals surface area (Å²) in [5.41, 5.74) is 0. The zero-order valence-corrected chi connectivity index (χ0v) is 10.5. The molecule has 0 aliphatic rings. The molecule has 0 unspecified atom stereocenters. The third kappa shape index (κ3) is 12.6. The first-order valence-electron chi connectivity index (χ1n) is 4.88. The molecule has 0 saturated heterocycles. The van der Waals surface area contributed by atoms with Gasteiger partial charge in [0.25, 0.3) is 0 Å². The second kappa shape index (κ2) is 13.5. The van der Waals surface area contributed by atoms with E-state index in [1.807, 2.05) is 27.7 Å². The summed E-state index contributed by atoms with van der Waals surface area (Å²) in [5.74, 6) is 0. The number of hydrogen-bond acceptors (Lipinski definition) is 2. The second-order valence-corrected chi connectivity index (χ2v) is 2.56. The Bertz CT molecular complexity index is 52.9. The monoisotopic (exact) mass is 176 g/mol. The highest BCUT2D eigenvalue weighted by atomic mass is 15.3. The SMILES string of the molecule is CC.CC.CC(N(C)C)N(C)C. The minimum absolute atomic E-state index is 0.537. The van der Waals surface area contributed by atoms with Crippen LogP contribution in [0.1, 0.15) is 34.6 Å². The average Bonchev–Trinajstić information content (AvgIpc) is 2.10. The molecule has 0 saturated carbocycles. The third-order valence-electron chi connectivity index (χ3n) is 1.49. The Morgan fingerprint density at radius 2 is 0.833 bits per heavy atom. The molecule has 0 bridgehead atoms. The van der Waals surface area contributed by atoms with Gasteiger partial charge in [0, 0.05) is 0 Å². The van der Waals surface area contributed by atoms with Gasteiger partial charge in [0.2, 0.25) is 0 Å². The van der Waals surface area contributed by atoms with E-state index < -0.39 is 0 Å². The van der Waals surface area contributed by atoms with E-state index in [0.717, 1.165) is 0 Å². The van der Waals surface area contributed by atoms with Crippen molar-refractivity contribution >= 4 is 0 Å². The summed E-state index contributed by atoms with van der Waals surface area (Å²) in [6, 6.07) is 0. The van der Waals surface area contributed by atoms with Crippen molar-refractivity contribution in [1.82, 2.24) is 9.80 Å². The predicted molar refractivity (Wildman–Crippen MR) is 59.5 cm³/mol. The lowest BCUT2D eigenvalue weighted by Crippen LogP contribution is -2.37. The fourth-order valence-corrected chi connectivity index (χ4v) is 0.462. The van der Waals surface area contributed by atoms with Gasteiger partial charge < -0.3 is 0 Å². The molecular formula is C10H28N2. The second-order valence-electron chi connectivity index (χ2n) is 2.56. The molecule has 0 rings (SSSR count). The minimum Gasteiger partial charge on any atom is -0.294 e. The molecule has 0 aliphatic carbocycles. The summed E-state index contributed by atoms with van der Waals surface area (Å²) in [5, 5.41) is 0. The largest absolute Gasteiger partial charge is 0.294 e. The van der Waals surface area contributed by atoms with Gasteiger partial charge in [-0.3, -0.25) is 9.80 Å². The molecule has 0 aromatic rings. The van der Waals surface area contributed by atoms with Crippen LogP contribution >= 0.6 is 0 Å². The Balaban J connectivity index is -0.000000175. The van der Waals surface area contributed by atoms with Crippen LogP contribution in [0.25, 0.3) is 0 Å². The van der Waals surface area contributed by atoms with Crippen molar-refractivity contribution in [3.8, 4) is 0 Å². The zero-order valence-electron chi connectivity index (χ0n) is 10.5. The molecule has 0 amide bonds. The van der Waals surface area contributed by atoms with Crippen molar-refractivity contribution in [2.45, 2.75) is 40.8 Å². The number of rotatable bonds is 2. The molecule has 0 aliphatic heterocycles. The quantitative estimate of drug-likeness (QED) is 0.597. The first kappa shape index (κ1) is 17.9. The first-order chi connectivity index (χ1) is 5.55. The summed E-state index contributed by atoms with van der Waals surface area (Å²) in [7, 11) is 8.30. The first-order valence-corrected chi connectivity index (χ1v) is 4.88. The van der Waals surface area contributed by atoms with Crippen molar-refractivity contribution < 1.29 is 0 Å². The van der Waals surface area contributed by atoms with Gasteiger partial charge in [0.1, 0.15) is 0 Å². The smallest absolute Gasteiger partial charge is 0.0583 e. The summed E-state index contributed by atoms with van der Waals surface area (Å²) in [6.45, 7) is 10.2. The van der Waals surface area contributed by atoms with Crippen molar-refractivity contribution in [2.24, 2.45) is 0 Å². The Morgan fingerprint density at radius 1 is 0.667 bits per heavy atom. The Labute approximate surface area is 79.6 Å². The standard InChI is InChI=1S/C6H16N2.2C2H6/c1-6(7(2)3)8(4)5;2*1-2/h6H,1-5H3;2*1-2H3. The van der Waals surface area contributed by atoms with E-state index >= 15 is 0 Å². The molecule has 12 heavy (non-hydrogen) atoms. The lowest BCUT2D eigenvalue weighted by Gasteiger charge is -2.26. The van der Waals surface area contributed by atoms with Crippen LogP contribution in [0.5, 0.6) is 0 Å². The van der Waals surface area contributed by atoms with Gasteiger partial charge in [-0.1, -0.05) is 27.7 Å². The van der Waals surface area contributed by atoms with Crippen molar-refractivity contribution in [3.05, 3.63) is 0 Å². The van der Waals surface area contributed by atoms with Crippen LogP contribution in [0.3, 0.4) is 0 Å². The van der Waals surface area contributed by atoms with Gasteiger partial charge >= 0.3 is 0 Å². The van der Waals surface area contributed by atoms with Gasteiger partial charge in [-0.15, -0.1) is 0 Å². The Hall–Kier alpha value is -0.0800. The fraction of sp³-hybridized carbons (Fsp3) is 1.00. The van der Waals surface area contributed by atoms with Crippen molar-refractivity contribution in [3.63, 3.8) is 0 Å². The summed E-state index contributed by atoms with van der Waals surface area (Å²) in [6.07, 6.45) is 0.537. The van der Waals surface area contributed by atoms with Gasteiger partial charge in [0.05, 0.1) is 6.17 Å². The van der Waals surface area contributed by atoms with Gasteiger partial charge in [-0.2, -0.15) is 0 Å². The average molecular weight is 176 g/mol. The van der Waals surface area contributed by atoms with Gasteiger partial charge in [-0.25, -0.2) is 0 Å². The van der Waals surface area contributed by atoms with Crippen LogP contribution in [-0.4, -0.2) is 44.2 Å². The molecular weight excluding hydrogens is 148 g/mol. The van der Waals surface area contributed by atoms with Crippen LogP contribution < -0.4 is 0 Å². The van der Waals surface area contributed by atoms with Crippen molar-refractivity contribution in [2.75, 3.05) is 28.2 Å². The Morgan fingerprint density at radius 3 is 0.833 bits per heavy atom. The van der Waals surface area contributed by atoms with Crippen LogP contribution in [0.15, 0.2) is 0 Å². The molecule has 2 heteroatoms. The fourth-order valence-electron chi connectivity index (χ4n) is 0.462. The number of hydrogen-bond donors (Lipinski definition) is 0. The van der Waals surface area contributed by atoms with Crippen LogP contribution in [0, 0.1) is 0 Å². The molecule has 0 N–H and O–H groups in total. The maximum Gasteiger partial charge on any atom is 0.0583 e. The summed E-state index contributed by atoms with van der Waals surface area (Å²) in [4.78, 5) is 4.33. The highest BCUT2D eigenvalue weighted by Gasteiger charge is 2.03. The highest BCUT2D eigenvalue weighted by molar-refractivity contribution is 4.52. The normalized spacial score (nSPS) is 9.00. The molecule has 2 nitrogen and oxygen atoms in total. The maximum atomic E-state index is 2.17. The third-order valence-corrected chi connectivity index (χ3v) is 1.49. The summed E-state index contributed by atoms with van der Waals surface area (Å²) >= 11 is 0. The molecule has 0 aromatic heterocycles. The topological polar surface area (TPSA) is 6.48 Å². The molecule has 0 radical (unpaired) electrons. The van der Waals surface area contributed by atoms with E-state index in [1.165, 1.54) is 0 Å². The van der Waals surface area contributed by atoms with E-state index in [-0.39, 0.29) is 0 Å². The molecule has 0 fully saturated rings. The van der Waals surface area contributed by atoms with Crippen LogP contribution in [-0.2, 0) is 0 Å². The zero-order chi connectivity index (χ0) is 10.7. The van der Waals surface area contributed by atoms with Gasteiger partial charge in [0.15, 0.2) is 0 Å². The van der Waals surface area contributed by atoms with E-state index in [4.69, 9.17) is 0 Å². The van der Waals surface area contributed by atoms with E-state index in [0.29, 0.717) is 6.17 Å². The molecule has 0 aromatic carbocycles. The number of nitrogens with zero attached hydrogens (tertiary/aromatic N) is 2. The van der Waals surface area contributed by atoms with E-state index in [1.54, 1.807) is 0 Å². The van der Waals surface area contributed by atoms with Crippen LogP contribution in [0.4, 0.5) is 0 Å². The maximum absolute atomic E-state index is 2.17. The predicted octanol–water partition coefficient (Wildman–Crippen LogP) is 2.51. The lowest BCUT2D eigenvalue weighted by atomic mass is 10.5. The van der Waals surface area contributed by atoms with Crippen LogP contribution in [0.2, 0.25) is 0 Å². The summed E-state index contributed by atoms with van der Waals surface area (Å²) < 4.78 is 0. The minimum atomic E-state index is 0.537. The molecule has 0 atom stereocenters. The van der Waals surface area contributed by atoms with Gasteiger partial charge in [-0.05, 0) is 35.1 Å². The Kier molecular flexibility index (Phi) is 20.1. The highest BCUT2D eigenvalue weighted by Crippen LogP contribution is 1.92.